The number of nitriles is 1. The maximum atomic E-state index is 9.08. The highest BCUT2D eigenvalue weighted by molar-refractivity contribution is 5.66. The monoisotopic (exact) mass is 307 g/mol. The fourth-order valence-corrected chi connectivity index (χ4v) is 1.96. The maximum Gasteiger partial charge on any atom is 0.259 e. The van der Waals surface area contributed by atoms with Gasteiger partial charge in [-0.3, -0.25) is 0 Å². The van der Waals surface area contributed by atoms with Crippen LogP contribution in [0.5, 0.6) is 11.6 Å². The molecule has 0 bridgehead atoms. The van der Waals surface area contributed by atoms with Crippen LogP contribution in [-0.2, 0) is 6.54 Å². The SMILES string of the molecule is Cc1cc(Oc2cc(C#N)ccc2-c2ncc(CN)cn2)no1. The van der Waals surface area contributed by atoms with Gasteiger partial charge in [0.05, 0.1) is 17.2 Å². The number of hydrogen-bond donors (Lipinski definition) is 1. The number of hydrogen-bond acceptors (Lipinski definition) is 7. The first-order chi connectivity index (χ1) is 11.2. The van der Waals surface area contributed by atoms with Crippen molar-refractivity contribution >= 4 is 0 Å². The van der Waals surface area contributed by atoms with Gasteiger partial charge >= 0.3 is 0 Å². The van der Waals surface area contributed by atoms with E-state index in [1.165, 1.54) is 0 Å². The maximum absolute atomic E-state index is 9.08. The zero-order valence-corrected chi connectivity index (χ0v) is 12.4. The number of aryl methyl sites for hydroxylation is 1. The van der Waals surface area contributed by atoms with Crippen LogP contribution < -0.4 is 10.5 Å². The first-order valence-corrected chi connectivity index (χ1v) is 6.86. The average Bonchev–Trinajstić information content (AvgIpc) is 3.00. The summed E-state index contributed by atoms with van der Waals surface area (Å²) in [6.45, 7) is 2.14. The van der Waals surface area contributed by atoms with Gasteiger partial charge in [-0.15, -0.1) is 0 Å². The van der Waals surface area contributed by atoms with Crippen molar-refractivity contribution in [3.05, 3.63) is 53.5 Å². The molecule has 0 spiro atoms. The second-order valence-corrected chi connectivity index (χ2v) is 4.82. The van der Waals surface area contributed by atoms with Crippen LogP contribution in [0.3, 0.4) is 0 Å². The number of benzene rings is 1. The van der Waals surface area contributed by atoms with Gasteiger partial charge < -0.3 is 15.0 Å². The molecule has 2 N–H and O–H groups in total. The van der Waals surface area contributed by atoms with Gasteiger partial charge in [-0.1, -0.05) is 0 Å². The summed E-state index contributed by atoms with van der Waals surface area (Å²) in [7, 11) is 0. The Bertz CT molecular complexity index is 865. The summed E-state index contributed by atoms with van der Waals surface area (Å²) in [5.41, 5.74) is 7.49. The van der Waals surface area contributed by atoms with Crippen LogP contribution in [-0.4, -0.2) is 15.1 Å². The molecule has 0 unspecified atom stereocenters. The third kappa shape index (κ3) is 3.17. The van der Waals surface area contributed by atoms with Crippen molar-refractivity contribution in [1.82, 2.24) is 15.1 Å². The van der Waals surface area contributed by atoms with E-state index in [9.17, 15) is 0 Å². The van der Waals surface area contributed by atoms with Gasteiger partial charge in [0.2, 0.25) is 0 Å². The molecule has 0 amide bonds. The smallest absolute Gasteiger partial charge is 0.259 e. The lowest BCUT2D eigenvalue weighted by molar-refractivity contribution is 0.355. The molecule has 2 heterocycles. The van der Waals surface area contributed by atoms with E-state index in [1.54, 1.807) is 43.6 Å². The molecule has 1 aromatic carbocycles. The van der Waals surface area contributed by atoms with Crippen molar-refractivity contribution < 1.29 is 9.26 Å². The molecule has 0 saturated carbocycles. The fraction of sp³-hybridized carbons (Fsp3) is 0.125. The first kappa shape index (κ1) is 14.7. The largest absolute Gasteiger partial charge is 0.436 e. The van der Waals surface area contributed by atoms with Crippen LogP contribution in [0.15, 0.2) is 41.2 Å². The Labute approximate surface area is 132 Å². The first-order valence-electron chi connectivity index (χ1n) is 6.86. The molecular formula is C16H13N5O2. The minimum Gasteiger partial charge on any atom is -0.436 e. The fourth-order valence-electron chi connectivity index (χ4n) is 1.96. The van der Waals surface area contributed by atoms with Crippen LogP contribution in [0.4, 0.5) is 0 Å². The Balaban J connectivity index is 2.02. The standard InChI is InChI=1S/C16H13N5O2/c1-10-4-15(21-23-10)22-14-5-11(6-17)2-3-13(14)16-19-8-12(7-18)9-20-16/h2-5,8-9H,7,18H2,1H3. The van der Waals surface area contributed by atoms with Gasteiger partial charge in [-0.05, 0) is 30.3 Å². The Kier molecular flexibility index (Phi) is 3.99. The van der Waals surface area contributed by atoms with Crippen molar-refractivity contribution in [1.29, 1.82) is 5.26 Å². The Morgan fingerprint density at radius 1 is 1.26 bits per heavy atom. The normalized spacial score (nSPS) is 10.3. The zero-order valence-electron chi connectivity index (χ0n) is 12.4. The van der Waals surface area contributed by atoms with Crippen LogP contribution in [0.1, 0.15) is 16.9 Å². The lowest BCUT2D eigenvalue weighted by Crippen LogP contribution is -2.00. The molecular weight excluding hydrogens is 294 g/mol. The molecule has 3 rings (SSSR count). The summed E-state index contributed by atoms with van der Waals surface area (Å²) >= 11 is 0. The molecule has 114 valence electrons. The summed E-state index contributed by atoms with van der Waals surface area (Å²) in [6.07, 6.45) is 3.31. The third-order valence-electron chi connectivity index (χ3n) is 3.11. The Hall–Kier alpha value is -3.24. The van der Waals surface area contributed by atoms with Crippen LogP contribution in [0.2, 0.25) is 0 Å². The molecule has 7 nitrogen and oxygen atoms in total. The number of aromatic nitrogens is 3. The molecule has 0 radical (unpaired) electrons. The van der Waals surface area contributed by atoms with E-state index in [1.807, 2.05) is 0 Å². The lowest BCUT2D eigenvalue weighted by Gasteiger charge is -2.08. The molecule has 0 aliphatic heterocycles. The third-order valence-corrected chi connectivity index (χ3v) is 3.11. The minimum absolute atomic E-state index is 0.303. The molecule has 7 heteroatoms. The van der Waals surface area contributed by atoms with Crippen molar-refractivity contribution in [2.45, 2.75) is 13.5 Å². The number of nitrogens with zero attached hydrogens (tertiary/aromatic N) is 4. The molecule has 3 aromatic rings. The molecule has 23 heavy (non-hydrogen) atoms. The molecule has 0 aliphatic rings. The van der Waals surface area contributed by atoms with Crippen molar-refractivity contribution in [2.24, 2.45) is 5.73 Å². The van der Waals surface area contributed by atoms with Crippen molar-refractivity contribution in [3.8, 4) is 29.1 Å². The van der Waals surface area contributed by atoms with Crippen LogP contribution in [0.25, 0.3) is 11.4 Å². The molecule has 0 fully saturated rings. The van der Waals surface area contributed by atoms with Crippen molar-refractivity contribution in [2.75, 3.05) is 0 Å². The van der Waals surface area contributed by atoms with E-state index in [2.05, 4.69) is 21.2 Å². The Morgan fingerprint density at radius 3 is 2.65 bits per heavy atom. The summed E-state index contributed by atoms with van der Waals surface area (Å²) in [4.78, 5) is 8.57. The van der Waals surface area contributed by atoms with Gasteiger partial charge in [-0.2, -0.15) is 5.26 Å². The van der Waals surface area contributed by atoms with Gasteiger partial charge in [0, 0.05) is 30.6 Å². The minimum atomic E-state index is 0.303. The topological polar surface area (TPSA) is 111 Å². The Morgan fingerprint density at radius 2 is 2.04 bits per heavy atom. The highest BCUT2D eigenvalue weighted by Crippen LogP contribution is 2.32. The average molecular weight is 307 g/mol. The zero-order chi connectivity index (χ0) is 16.2. The van der Waals surface area contributed by atoms with E-state index in [0.29, 0.717) is 40.9 Å². The van der Waals surface area contributed by atoms with E-state index >= 15 is 0 Å². The second-order valence-electron chi connectivity index (χ2n) is 4.82. The number of nitrogens with two attached hydrogens (primary N) is 1. The van der Waals surface area contributed by atoms with Gasteiger partial charge in [-0.25, -0.2) is 9.97 Å². The molecule has 0 aliphatic carbocycles. The highest BCUT2D eigenvalue weighted by Gasteiger charge is 2.13. The number of rotatable bonds is 4. The summed E-state index contributed by atoms with van der Waals surface area (Å²) in [5, 5.41) is 12.9. The highest BCUT2D eigenvalue weighted by atomic mass is 16.5. The van der Waals surface area contributed by atoms with Gasteiger partial charge in [0.25, 0.3) is 5.88 Å². The van der Waals surface area contributed by atoms with Crippen LogP contribution >= 0.6 is 0 Å². The second kappa shape index (κ2) is 6.25. The van der Waals surface area contributed by atoms with Crippen molar-refractivity contribution in [3.63, 3.8) is 0 Å². The summed E-state index contributed by atoms with van der Waals surface area (Å²) < 4.78 is 10.7. The molecule has 0 saturated heterocycles. The summed E-state index contributed by atoms with van der Waals surface area (Å²) in [6, 6.07) is 8.75. The van der Waals surface area contributed by atoms with Gasteiger partial charge in [0.1, 0.15) is 11.5 Å². The van der Waals surface area contributed by atoms with E-state index < -0.39 is 0 Å². The van der Waals surface area contributed by atoms with E-state index in [-0.39, 0.29) is 0 Å². The van der Waals surface area contributed by atoms with E-state index in [4.69, 9.17) is 20.3 Å². The molecule has 2 aromatic heterocycles. The predicted molar refractivity (Wildman–Crippen MR) is 81.4 cm³/mol. The predicted octanol–water partition coefficient (Wildman–Crippen LogP) is 2.56. The lowest BCUT2D eigenvalue weighted by atomic mass is 10.1. The number of ether oxygens (including phenoxy) is 1. The van der Waals surface area contributed by atoms with E-state index in [0.717, 1.165) is 5.56 Å². The van der Waals surface area contributed by atoms with Gasteiger partial charge in [0.15, 0.2) is 5.82 Å². The van der Waals surface area contributed by atoms with Crippen LogP contribution in [0, 0.1) is 18.3 Å². The summed E-state index contributed by atoms with van der Waals surface area (Å²) in [5.74, 6) is 1.83. The quantitative estimate of drug-likeness (QED) is 0.788. The molecule has 0 atom stereocenters.